The Morgan fingerprint density at radius 2 is 1.77 bits per heavy atom. The molecule has 31 heavy (non-hydrogen) atoms. The third-order valence-corrected chi connectivity index (χ3v) is 6.70. The van der Waals surface area contributed by atoms with Crippen LogP contribution in [0.3, 0.4) is 0 Å². The second kappa shape index (κ2) is 6.27. The van der Waals surface area contributed by atoms with Gasteiger partial charge in [-0.25, -0.2) is 9.97 Å². The van der Waals surface area contributed by atoms with Gasteiger partial charge in [0, 0.05) is 39.1 Å². The van der Waals surface area contributed by atoms with Gasteiger partial charge in [0.25, 0.3) is 0 Å². The second-order valence-electron chi connectivity index (χ2n) is 9.32. The molecule has 0 radical (unpaired) electrons. The first-order valence-corrected chi connectivity index (χ1v) is 10.9. The summed E-state index contributed by atoms with van der Waals surface area (Å²) >= 11 is 0. The Balaban J connectivity index is 1.60. The maximum absolute atomic E-state index is 6.41. The Labute approximate surface area is 181 Å². The second-order valence-corrected chi connectivity index (χ2v) is 9.32. The van der Waals surface area contributed by atoms with Gasteiger partial charge in [0.05, 0.1) is 5.52 Å². The molecule has 5 aromatic rings. The van der Waals surface area contributed by atoms with E-state index in [4.69, 9.17) is 14.4 Å². The van der Waals surface area contributed by atoms with Gasteiger partial charge < -0.3 is 4.42 Å². The lowest BCUT2D eigenvalue weighted by Gasteiger charge is -2.21. The van der Waals surface area contributed by atoms with E-state index in [9.17, 15) is 0 Å². The SMILES string of the molecule is CC(C)c1ccc2nc(-c3cccc4c3-c3oc5ccccc5c3C4(C)C)ncc2c1. The third-order valence-electron chi connectivity index (χ3n) is 6.70. The van der Waals surface area contributed by atoms with Crippen molar-refractivity contribution in [2.75, 3.05) is 0 Å². The fourth-order valence-corrected chi connectivity index (χ4v) is 5.02. The van der Waals surface area contributed by atoms with E-state index in [-0.39, 0.29) is 5.41 Å². The zero-order valence-electron chi connectivity index (χ0n) is 18.2. The molecule has 0 aliphatic heterocycles. The highest BCUT2D eigenvalue weighted by Crippen LogP contribution is 2.55. The molecule has 3 nitrogen and oxygen atoms in total. The van der Waals surface area contributed by atoms with Crippen LogP contribution in [0, 0.1) is 0 Å². The molecule has 0 saturated carbocycles. The highest BCUT2D eigenvalue weighted by molar-refractivity contribution is 5.98. The summed E-state index contributed by atoms with van der Waals surface area (Å²) in [6, 6.07) is 21.2. The summed E-state index contributed by atoms with van der Waals surface area (Å²) < 4.78 is 6.41. The van der Waals surface area contributed by atoms with Crippen molar-refractivity contribution in [3.63, 3.8) is 0 Å². The molecule has 3 aromatic carbocycles. The molecule has 0 spiro atoms. The molecule has 0 fully saturated rings. The first-order chi connectivity index (χ1) is 14.9. The Morgan fingerprint density at radius 3 is 2.61 bits per heavy atom. The van der Waals surface area contributed by atoms with Gasteiger partial charge in [-0.1, -0.05) is 70.2 Å². The molecule has 1 aliphatic carbocycles. The molecule has 0 saturated heterocycles. The normalized spacial score (nSPS) is 14.4. The molecule has 2 aromatic heterocycles. The number of fused-ring (bicyclic) bond motifs is 6. The Bertz CT molecular complexity index is 1490. The molecule has 3 heteroatoms. The quantitative estimate of drug-likeness (QED) is 0.306. The van der Waals surface area contributed by atoms with Gasteiger partial charge in [-0.15, -0.1) is 0 Å². The summed E-state index contributed by atoms with van der Waals surface area (Å²) in [4.78, 5) is 9.72. The Kier molecular flexibility index (Phi) is 3.71. The van der Waals surface area contributed by atoms with Gasteiger partial charge >= 0.3 is 0 Å². The third kappa shape index (κ3) is 2.53. The van der Waals surface area contributed by atoms with Crippen LogP contribution in [0.15, 0.2) is 71.3 Å². The number of hydrogen-bond donors (Lipinski definition) is 0. The summed E-state index contributed by atoms with van der Waals surface area (Å²) in [5, 5.41) is 2.26. The fourth-order valence-electron chi connectivity index (χ4n) is 5.02. The van der Waals surface area contributed by atoms with Crippen molar-refractivity contribution in [3.05, 3.63) is 83.6 Å². The monoisotopic (exact) mass is 404 g/mol. The van der Waals surface area contributed by atoms with Gasteiger partial charge in [0.1, 0.15) is 11.3 Å². The number of benzene rings is 3. The van der Waals surface area contributed by atoms with Crippen LogP contribution < -0.4 is 0 Å². The fraction of sp³-hybridized carbons (Fsp3) is 0.214. The van der Waals surface area contributed by atoms with E-state index in [1.54, 1.807) is 0 Å². The van der Waals surface area contributed by atoms with E-state index in [1.165, 1.54) is 22.1 Å². The Morgan fingerprint density at radius 1 is 0.935 bits per heavy atom. The average Bonchev–Trinajstić information content (AvgIpc) is 3.27. The predicted molar refractivity (Wildman–Crippen MR) is 126 cm³/mol. The van der Waals surface area contributed by atoms with Crippen LogP contribution in [0.4, 0.5) is 0 Å². The largest absolute Gasteiger partial charge is 0.456 e. The van der Waals surface area contributed by atoms with E-state index in [2.05, 4.69) is 76.2 Å². The van der Waals surface area contributed by atoms with Crippen molar-refractivity contribution < 1.29 is 4.42 Å². The van der Waals surface area contributed by atoms with Crippen LogP contribution >= 0.6 is 0 Å². The van der Waals surface area contributed by atoms with Crippen molar-refractivity contribution >= 4 is 21.9 Å². The summed E-state index contributed by atoms with van der Waals surface area (Å²) in [5.74, 6) is 2.18. The van der Waals surface area contributed by atoms with E-state index < -0.39 is 0 Å². The van der Waals surface area contributed by atoms with Crippen molar-refractivity contribution in [2.24, 2.45) is 0 Å². The topological polar surface area (TPSA) is 38.9 Å². The first kappa shape index (κ1) is 18.3. The minimum absolute atomic E-state index is 0.143. The molecule has 0 atom stereocenters. The van der Waals surface area contributed by atoms with Crippen LogP contribution in [-0.2, 0) is 5.41 Å². The van der Waals surface area contributed by atoms with Crippen LogP contribution in [0.25, 0.3) is 44.6 Å². The number of para-hydroxylation sites is 1. The molecule has 0 bridgehead atoms. The van der Waals surface area contributed by atoms with Crippen molar-refractivity contribution in [1.29, 1.82) is 0 Å². The van der Waals surface area contributed by atoms with E-state index in [1.807, 2.05) is 18.3 Å². The van der Waals surface area contributed by atoms with Gasteiger partial charge in [-0.3, -0.25) is 0 Å². The van der Waals surface area contributed by atoms with Crippen LogP contribution in [0.5, 0.6) is 0 Å². The number of aromatic nitrogens is 2. The molecular formula is C28H24N2O. The maximum atomic E-state index is 6.41. The summed E-state index contributed by atoms with van der Waals surface area (Å²) in [6.07, 6.45) is 1.95. The summed E-state index contributed by atoms with van der Waals surface area (Å²) in [6.45, 7) is 8.96. The van der Waals surface area contributed by atoms with Gasteiger partial charge in [0.2, 0.25) is 0 Å². The van der Waals surface area contributed by atoms with Gasteiger partial charge in [-0.2, -0.15) is 0 Å². The average molecular weight is 405 g/mol. The first-order valence-electron chi connectivity index (χ1n) is 10.9. The zero-order valence-corrected chi connectivity index (χ0v) is 18.2. The predicted octanol–water partition coefficient (Wildman–Crippen LogP) is 7.47. The standard InChI is InChI=1S/C28H24N2O/c1-16(2)17-12-13-22-18(14-17)15-29-27(30-22)20-9-7-10-21-24(20)26-25(28(21,3)4)19-8-5-6-11-23(19)31-26/h5-16H,1-4H3. The maximum Gasteiger partial charge on any atom is 0.160 e. The number of hydrogen-bond acceptors (Lipinski definition) is 3. The molecule has 2 heterocycles. The van der Waals surface area contributed by atoms with Crippen molar-refractivity contribution in [1.82, 2.24) is 9.97 Å². The zero-order chi connectivity index (χ0) is 21.3. The van der Waals surface area contributed by atoms with Gasteiger partial charge in [0.15, 0.2) is 5.82 Å². The van der Waals surface area contributed by atoms with Crippen molar-refractivity contribution in [2.45, 2.75) is 39.0 Å². The molecular weight excluding hydrogens is 380 g/mol. The van der Waals surface area contributed by atoms with Gasteiger partial charge in [-0.05, 0) is 35.2 Å². The van der Waals surface area contributed by atoms with Crippen LogP contribution in [0.1, 0.15) is 50.3 Å². The van der Waals surface area contributed by atoms with Crippen molar-refractivity contribution in [3.8, 4) is 22.7 Å². The summed E-state index contributed by atoms with van der Waals surface area (Å²) in [5.41, 5.74) is 7.73. The molecule has 6 rings (SSSR count). The smallest absolute Gasteiger partial charge is 0.160 e. The Hall–Kier alpha value is -3.46. The highest BCUT2D eigenvalue weighted by Gasteiger charge is 2.41. The number of rotatable bonds is 2. The summed E-state index contributed by atoms with van der Waals surface area (Å²) in [7, 11) is 0. The highest BCUT2D eigenvalue weighted by atomic mass is 16.3. The number of furan rings is 1. The van der Waals surface area contributed by atoms with E-state index in [0.29, 0.717) is 5.92 Å². The lowest BCUT2D eigenvalue weighted by molar-refractivity contribution is 0.619. The van der Waals surface area contributed by atoms with E-state index >= 15 is 0 Å². The number of nitrogens with zero attached hydrogens (tertiary/aromatic N) is 2. The molecule has 152 valence electrons. The molecule has 0 amide bonds. The van der Waals surface area contributed by atoms with Crippen LogP contribution in [-0.4, -0.2) is 9.97 Å². The van der Waals surface area contributed by atoms with E-state index in [0.717, 1.165) is 39.2 Å². The minimum atomic E-state index is -0.143. The molecule has 0 unspecified atom stereocenters. The lowest BCUT2D eigenvalue weighted by Crippen LogP contribution is -2.14. The molecule has 1 aliphatic rings. The lowest BCUT2D eigenvalue weighted by atomic mass is 9.81. The molecule has 0 N–H and O–H groups in total. The van der Waals surface area contributed by atoms with Crippen LogP contribution in [0.2, 0.25) is 0 Å². The minimum Gasteiger partial charge on any atom is -0.456 e.